The normalized spacial score (nSPS) is 10.9. The summed E-state index contributed by atoms with van der Waals surface area (Å²) in [5.74, 6) is 6.09. The number of rotatable bonds is 7. The summed E-state index contributed by atoms with van der Waals surface area (Å²) in [6, 6.07) is 8.23. The largest absolute Gasteiger partial charge is 0.328 e. The third kappa shape index (κ3) is 3.36. The predicted molar refractivity (Wildman–Crippen MR) is 79.9 cm³/mol. The van der Waals surface area contributed by atoms with Crippen molar-refractivity contribution in [2.75, 3.05) is 0 Å². The number of benzene rings is 1. The summed E-state index contributed by atoms with van der Waals surface area (Å²) in [7, 11) is 0. The first-order chi connectivity index (χ1) is 9.76. The van der Waals surface area contributed by atoms with E-state index in [1.807, 2.05) is 12.1 Å². The van der Waals surface area contributed by atoms with E-state index >= 15 is 0 Å². The van der Waals surface area contributed by atoms with E-state index in [4.69, 9.17) is 5.84 Å². The average Bonchev–Trinajstić information content (AvgIpc) is 2.84. The van der Waals surface area contributed by atoms with Crippen LogP contribution in [-0.4, -0.2) is 15.5 Å². The summed E-state index contributed by atoms with van der Waals surface area (Å²) in [6.45, 7) is 3.08. The lowest BCUT2D eigenvalue weighted by Crippen LogP contribution is -2.29. The minimum absolute atomic E-state index is 0.0904. The maximum atomic E-state index is 11.0. The highest BCUT2D eigenvalue weighted by Crippen LogP contribution is 2.17. The van der Waals surface area contributed by atoms with Gasteiger partial charge in [-0.3, -0.25) is 10.2 Å². The number of unbranched alkanes of at least 4 members (excludes halogenated alkanes) is 2. The van der Waals surface area contributed by atoms with Gasteiger partial charge < -0.3 is 4.57 Å². The number of amides is 1. The van der Waals surface area contributed by atoms with Gasteiger partial charge in [-0.25, -0.2) is 10.8 Å². The van der Waals surface area contributed by atoms with Crippen molar-refractivity contribution in [3.63, 3.8) is 0 Å². The molecule has 0 aliphatic carbocycles. The predicted octanol–water partition coefficient (Wildman–Crippen LogP) is 2.15. The van der Waals surface area contributed by atoms with Gasteiger partial charge in [-0.2, -0.15) is 0 Å². The van der Waals surface area contributed by atoms with Gasteiger partial charge in [-0.15, -0.1) is 0 Å². The Balaban J connectivity index is 1.94. The molecule has 0 aliphatic heterocycles. The smallest absolute Gasteiger partial charge is 0.233 e. The molecule has 0 spiro atoms. The van der Waals surface area contributed by atoms with Crippen molar-refractivity contribution >= 4 is 16.9 Å². The molecular formula is C15H22N4O. The molecule has 0 atom stereocenters. The van der Waals surface area contributed by atoms with E-state index in [1.54, 1.807) is 0 Å². The van der Waals surface area contributed by atoms with Gasteiger partial charge >= 0.3 is 0 Å². The Kier molecular flexibility index (Phi) is 5.12. The lowest BCUT2D eigenvalue weighted by Gasteiger charge is -2.08. The van der Waals surface area contributed by atoms with Crippen molar-refractivity contribution in [1.82, 2.24) is 15.0 Å². The fourth-order valence-corrected chi connectivity index (χ4v) is 2.45. The summed E-state index contributed by atoms with van der Waals surface area (Å²) in [6.07, 6.45) is 4.37. The minimum Gasteiger partial charge on any atom is -0.328 e. The molecule has 20 heavy (non-hydrogen) atoms. The number of carbonyl (C=O) groups is 1. The van der Waals surface area contributed by atoms with Crippen molar-refractivity contribution in [3.8, 4) is 0 Å². The average molecular weight is 274 g/mol. The maximum Gasteiger partial charge on any atom is 0.233 e. The highest BCUT2D eigenvalue weighted by Gasteiger charge is 2.08. The second-order valence-corrected chi connectivity index (χ2v) is 4.90. The van der Waals surface area contributed by atoms with Crippen LogP contribution in [0, 0.1) is 0 Å². The van der Waals surface area contributed by atoms with E-state index in [0.717, 1.165) is 43.6 Å². The van der Waals surface area contributed by atoms with Gasteiger partial charge in [0.05, 0.1) is 11.0 Å². The molecule has 0 aliphatic rings. The Bertz CT molecular complexity index is 576. The van der Waals surface area contributed by atoms with Gasteiger partial charge in [0.1, 0.15) is 5.82 Å². The van der Waals surface area contributed by atoms with E-state index in [9.17, 15) is 4.79 Å². The highest BCUT2D eigenvalue weighted by molar-refractivity contribution is 5.76. The third-order valence-corrected chi connectivity index (χ3v) is 3.50. The van der Waals surface area contributed by atoms with Crippen molar-refractivity contribution in [1.29, 1.82) is 0 Å². The summed E-state index contributed by atoms with van der Waals surface area (Å²) < 4.78 is 2.29. The Morgan fingerprint density at radius 1 is 1.30 bits per heavy atom. The Hall–Kier alpha value is -1.88. The Morgan fingerprint density at radius 2 is 2.10 bits per heavy atom. The third-order valence-electron chi connectivity index (χ3n) is 3.50. The minimum atomic E-state index is -0.0904. The Morgan fingerprint density at radius 3 is 2.85 bits per heavy atom. The number of hydrogen-bond donors (Lipinski definition) is 2. The summed E-state index contributed by atoms with van der Waals surface area (Å²) in [5, 5.41) is 0. The van der Waals surface area contributed by atoms with Crippen molar-refractivity contribution < 1.29 is 4.79 Å². The van der Waals surface area contributed by atoms with Crippen molar-refractivity contribution in [2.24, 2.45) is 5.84 Å². The van der Waals surface area contributed by atoms with Crippen LogP contribution in [0.5, 0.6) is 0 Å². The topological polar surface area (TPSA) is 72.9 Å². The molecule has 3 N–H and O–H groups in total. The fraction of sp³-hybridized carbons (Fsp3) is 0.467. The summed E-state index contributed by atoms with van der Waals surface area (Å²) >= 11 is 0. The molecule has 1 heterocycles. The molecule has 0 fully saturated rings. The molecular weight excluding hydrogens is 252 g/mol. The number of imidazole rings is 1. The first-order valence-corrected chi connectivity index (χ1v) is 7.20. The van der Waals surface area contributed by atoms with E-state index in [-0.39, 0.29) is 5.91 Å². The van der Waals surface area contributed by atoms with Crippen LogP contribution in [0.3, 0.4) is 0 Å². The number of nitrogens with zero attached hydrogens (tertiary/aromatic N) is 2. The molecule has 0 radical (unpaired) electrons. The van der Waals surface area contributed by atoms with Crippen LogP contribution in [0.4, 0.5) is 0 Å². The summed E-state index contributed by atoms with van der Waals surface area (Å²) in [5.41, 5.74) is 4.42. The molecule has 108 valence electrons. The number of fused-ring (bicyclic) bond motifs is 1. The maximum absolute atomic E-state index is 11.0. The van der Waals surface area contributed by atoms with E-state index in [2.05, 4.69) is 34.0 Å². The number of hydrazine groups is 1. The lowest BCUT2D eigenvalue weighted by atomic mass is 10.2. The molecule has 2 aromatic rings. The lowest BCUT2D eigenvalue weighted by molar-refractivity contribution is -0.121. The molecule has 0 bridgehead atoms. The van der Waals surface area contributed by atoms with Crippen LogP contribution in [0.2, 0.25) is 0 Å². The molecule has 1 aromatic heterocycles. The highest BCUT2D eigenvalue weighted by atomic mass is 16.2. The van der Waals surface area contributed by atoms with Crippen LogP contribution in [0.25, 0.3) is 11.0 Å². The van der Waals surface area contributed by atoms with Crippen LogP contribution in [0.15, 0.2) is 24.3 Å². The number of hydrogen-bond acceptors (Lipinski definition) is 3. The number of aryl methyl sites for hydroxylation is 2. The molecule has 1 aromatic carbocycles. The van der Waals surface area contributed by atoms with Gasteiger partial charge in [-0.05, 0) is 25.0 Å². The van der Waals surface area contributed by atoms with Gasteiger partial charge in [0, 0.05) is 19.4 Å². The number of aromatic nitrogens is 2. The van der Waals surface area contributed by atoms with Crippen LogP contribution in [0.1, 0.15) is 38.4 Å². The summed E-state index contributed by atoms with van der Waals surface area (Å²) in [4.78, 5) is 15.7. The molecule has 2 rings (SSSR count). The molecule has 5 nitrogen and oxygen atoms in total. The van der Waals surface area contributed by atoms with Gasteiger partial charge in [0.15, 0.2) is 0 Å². The first kappa shape index (κ1) is 14.5. The fourth-order valence-electron chi connectivity index (χ4n) is 2.45. The Labute approximate surface area is 119 Å². The first-order valence-electron chi connectivity index (χ1n) is 7.20. The number of para-hydroxylation sites is 2. The molecule has 0 saturated heterocycles. The van der Waals surface area contributed by atoms with Gasteiger partial charge in [-0.1, -0.05) is 25.5 Å². The van der Waals surface area contributed by atoms with E-state index in [1.165, 1.54) is 5.52 Å². The second kappa shape index (κ2) is 7.05. The molecule has 5 heteroatoms. The van der Waals surface area contributed by atoms with Crippen molar-refractivity contribution in [3.05, 3.63) is 30.1 Å². The van der Waals surface area contributed by atoms with Crippen LogP contribution < -0.4 is 11.3 Å². The van der Waals surface area contributed by atoms with E-state index < -0.39 is 0 Å². The zero-order valence-corrected chi connectivity index (χ0v) is 11.9. The standard InChI is InChI=1S/C15H22N4O/c1-2-14-17-12-8-5-6-9-13(12)19(14)11-7-3-4-10-15(20)18-16/h5-6,8-9H,2-4,7,10-11,16H2,1H3,(H,18,20). The zero-order valence-electron chi connectivity index (χ0n) is 11.9. The number of nitrogens with one attached hydrogen (secondary N) is 1. The quantitative estimate of drug-likeness (QED) is 0.352. The monoisotopic (exact) mass is 274 g/mol. The molecule has 0 saturated carbocycles. The molecule has 1 amide bonds. The number of carbonyl (C=O) groups excluding carboxylic acids is 1. The number of nitrogens with two attached hydrogens (primary N) is 1. The second-order valence-electron chi connectivity index (χ2n) is 4.90. The van der Waals surface area contributed by atoms with Gasteiger partial charge in [0.25, 0.3) is 0 Å². The van der Waals surface area contributed by atoms with Gasteiger partial charge in [0.2, 0.25) is 5.91 Å². The molecule has 0 unspecified atom stereocenters. The SMILES string of the molecule is CCc1nc2ccccc2n1CCCCCC(=O)NN. The zero-order chi connectivity index (χ0) is 14.4. The van der Waals surface area contributed by atoms with E-state index in [0.29, 0.717) is 6.42 Å². The van der Waals surface area contributed by atoms with Crippen LogP contribution >= 0.6 is 0 Å². The van der Waals surface area contributed by atoms with Crippen LogP contribution in [-0.2, 0) is 17.8 Å². The van der Waals surface area contributed by atoms with Crippen molar-refractivity contribution in [2.45, 2.75) is 45.6 Å².